The van der Waals surface area contributed by atoms with E-state index in [1.54, 1.807) is 11.8 Å². The van der Waals surface area contributed by atoms with Gasteiger partial charge in [0.1, 0.15) is 6.04 Å². The first kappa shape index (κ1) is 13.3. The number of amides is 2. The highest BCUT2D eigenvalue weighted by atomic mass is 32.2. The number of thioether (sulfide) groups is 1. The number of carbonyl (C=O) groups excluding carboxylic acids is 2. The monoisotopic (exact) mass is 245 g/mol. The summed E-state index contributed by atoms with van der Waals surface area (Å²) in [5, 5.41) is 8.43. The van der Waals surface area contributed by atoms with Crippen LogP contribution in [0.3, 0.4) is 0 Å². The van der Waals surface area contributed by atoms with Gasteiger partial charge in [-0.2, -0.15) is 11.8 Å². The highest BCUT2D eigenvalue weighted by molar-refractivity contribution is 7.99. The van der Waals surface area contributed by atoms with Crippen molar-refractivity contribution < 1.29 is 9.59 Å². The Morgan fingerprint density at radius 1 is 1.62 bits per heavy atom. The first-order valence-corrected chi connectivity index (χ1v) is 6.50. The number of carbonyl (C=O) groups is 2. The van der Waals surface area contributed by atoms with Gasteiger partial charge in [-0.05, 0) is 20.1 Å². The van der Waals surface area contributed by atoms with Crippen molar-refractivity contribution in [1.29, 1.82) is 0 Å². The molecule has 1 aliphatic rings. The maximum atomic E-state index is 11.7. The summed E-state index contributed by atoms with van der Waals surface area (Å²) in [5.41, 5.74) is 0. The second-order valence-corrected chi connectivity index (χ2v) is 5.93. The van der Waals surface area contributed by atoms with Crippen LogP contribution in [-0.2, 0) is 9.59 Å². The molecule has 3 N–H and O–H groups in total. The third kappa shape index (κ3) is 4.02. The minimum atomic E-state index is -0.310. The molecule has 16 heavy (non-hydrogen) atoms. The third-order valence-corrected chi connectivity index (χ3v) is 3.82. The summed E-state index contributed by atoms with van der Waals surface area (Å²) < 4.78 is 0.0353. The quantitative estimate of drug-likeness (QED) is 0.614. The van der Waals surface area contributed by atoms with Crippen molar-refractivity contribution >= 4 is 23.6 Å². The van der Waals surface area contributed by atoms with Crippen molar-refractivity contribution in [3.8, 4) is 0 Å². The van der Waals surface area contributed by atoms with Crippen LogP contribution in [0.5, 0.6) is 0 Å². The summed E-state index contributed by atoms with van der Waals surface area (Å²) in [5.74, 6) is -0.115. The maximum absolute atomic E-state index is 11.7. The molecule has 0 bridgehead atoms. The fraction of sp³-hybridized carbons (Fsp3) is 0.800. The van der Waals surface area contributed by atoms with E-state index in [0.717, 1.165) is 0 Å². The Labute approximate surface area is 100 Å². The molecule has 0 saturated carbocycles. The second kappa shape index (κ2) is 5.54. The highest BCUT2D eigenvalue weighted by Crippen LogP contribution is 2.19. The largest absolute Gasteiger partial charge is 0.353 e. The number of rotatable bonds is 4. The lowest BCUT2D eigenvalue weighted by Gasteiger charge is -2.26. The van der Waals surface area contributed by atoms with Crippen molar-refractivity contribution in [3.63, 3.8) is 0 Å². The molecule has 0 aromatic rings. The minimum absolute atomic E-state index is 0.0353. The van der Waals surface area contributed by atoms with Crippen LogP contribution in [-0.4, -0.2) is 48.5 Å². The van der Waals surface area contributed by atoms with E-state index in [1.807, 2.05) is 6.26 Å². The van der Waals surface area contributed by atoms with Gasteiger partial charge in [0.15, 0.2) is 0 Å². The molecular formula is C10H19N3O2S. The molecule has 1 atom stereocenters. The van der Waals surface area contributed by atoms with Gasteiger partial charge in [0.25, 0.3) is 0 Å². The maximum Gasteiger partial charge on any atom is 0.239 e. The van der Waals surface area contributed by atoms with E-state index >= 15 is 0 Å². The summed E-state index contributed by atoms with van der Waals surface area (Å²) in [4.78, 5) is 22.6. The third-order valence-electron chi connectivity index (χ3n) is 2.57. The molecule has 0 aromatic heterocycles. The molecule has 6 heteroatoms. The van der Waals surface area contributed by atoms with Crippen LogP contribution < -0.4 is 16.0 Å². The van der Waals surface area contributed by atoms with Crippen molar-refractivity contribution in [1.82, 2.24) is 16.0 Å². The number of hydrogen-bond acceptors (Lipinski definition) is 4. The number of piperazine rings is 1. The molecule has 0 radical (unpaired) electrons. The number of hydrogen-bond donors (Lipinski definition) is 3. The van der Waals surface area contributed by atoms with Gasteiger partial charge in [-0.1, -0.05) is 0 Å². The molecule has 0 aliphatic carbocycles. The van der Waals surface area contributed by atoms with E-state index < -0.39 is 0 Å². The molecule has 1 saturated heterocycles. The fourth-order valence-corrected chi connectivity index (χ4v) is 1.46. The summed E-state index contributed by atoms with van der Waals surface area (Å²) in [6.07, 6.45) is 2.02. The standard InChI is InChI=1S/C10H19N3O2S/c1-10(2,16-3)6-13-9(15)7-4-12-8(14)5-11-7/h7,11H,4-6H2,1-3H3,(H,12,14)(H,13,15). The van der Waals surface area contributed by atoms with E-state index in [2.05, 4.69) is 29.8 Å². The van der Waals surface area contributed by atoms with Crippen molar-refractivity contribution in [2.24, 2.45) is 0 Å². The van der Waals surface area contributed by atoms with Gasteiger partial charge in [0, 0.05) is 17.8 Å². The van der Waals surface area contributed by atoms with E-state index in [4.69, 9.17) is 0 Å². The Balaban J connectivity index is 2.33. The Bertz CT molecular complexity index is 271. The molecule has 1 rings (SSSR count). The van der Waals surface area contributed by atoms with Gasteiger partial charge < -0.3 is 10.6 Å². The molecular weight excluding hydrogens is 226 g/mol. The normalized spacial score (nSPS) is 21.4. The SMILES string of the molecule is CSC(C)(C)CNC(=O)C1CNC(=O)CN1. The van der Waals surface area contributed by atoms with E-state index in [9.17, 15) is 9.59 Å². The van der Waals surface area contributed by atoms with Crippen LogP contribution in [0.1, 0.15) is 13.8 Å². The minimum Gasteiger partial charge on any atom is -0.353 e. The second-order valence-electron chi connectivity index (χ2n) is 4.42. The predicted octanol–water partition coefficient (Wildman–Crippen LogP) is -0.668. The summed E-state index contributed by atoms with van der Waals surface area (Å²) in [6, 6.07) is -0.310. The fourth-order valence-electron chi connectivity index (χ4n) is 1.25. The Morgan fingerprint density at radius 2 is 2.31 bits per heavy atom. The van der Waals surface area contributed by atoms with Crippen LogP contribution in [0.2, 0.25) is 0 Å². The summed E-state index contributed by atoms with van der Waals surface area (Å²) in [6.45, 7) is 5.36. The zero-order valence-electron chi connectivity index (χ0n) is 9.92. The van der Waals surface area contributed by atoms with Crippen LogP contribution >= 0.6 is 11.8 Å². The van der Waals surface area contributed by atoms with Gasteiger partial charge >= 0.3 is 0 Å². The van der Waals surface area contributed by atoms with E-state index in [1.165, 1.54) is 0 Å². The lowest BCUT2D eigenvalue weighted by Crippen LogP contribution is -2.58. The zero-order valence-corrected chi connectivity index (χ0v) is 10.7. The van der Waals surface area contributed by atoms with Gasteiger partial charge in [-0.15, -0.1) is 0 Å². The van der Waals surface area contributed by atoms with E-state index in [0.29, 0.717) is 13.1 Å². The molecule has 0 aromatic carbocycles. The molecule has 1 fully saturated rings. The lowest BCUT2D eigenvalue weighted by atomic mass is 10.2. The number of nitrogens with one attached hydrogen (secondary N) is 3. The van der Waals surface area contributed by atoms with Gasteiger partial charge in [0.2, 0.25) is 11.8 Å². The van der Waals surface area contributed by atoms with Gasteiger partial charge in [-0.3, -0.25) is 14.9 Å². The van der Waals surface area contributed by atoms with Crippen molar-refractivity contribution in [2.45, 2.75) is 24.6 Å². The van der Waals surface area contributed by atoms with Crippen LogP contribution in [0.25, 0.3) is 0 Å². The van der Waals surface area contributed by atoms with Crippen molar-refractivity contribution in [2.75, 3.05) is 25.9 Å². The van der Waals surface area contributed by atoms with E-state index in [-0.39, 0.29) is 29.1 Å². The predicted molar refractivity (Wildman–Crippen MR) is 65.4 cm³/mol. The first-order chi connectivity index (χ1) is 7.44. The van der Waals surface area contributed by atoms with Crippen molar-refractivity contribution in [3.05, 3.63) is 0 Å². The van der Waals surface area contributed by atoms with Gasteiger partial charge in [-0.25, -0.2) is 0 Å². The Kier molecular flexibility index (Phi) is 4.61. The molecule has 1 unspecified atom stereocenters. The molecule has 1 aliphatic heterocycles. The average Bonchev–Trinajstić information content (AvgIpc) is 2.27. The average molecular weight is 245 g/mol. The topological polar surface area (TPSA) is 70.2 Å². The smallest absolute Gasteiger partial charge is 0.239 e. The molecule has 2 amide bonds. The first-order valence-electron chi connectivity index (χ1n) is 5.27. The summed E-state index contributed by atoms with van der Waals surface area (Å²) >= 11 is 1.71. The Hall–Kier alpha value is -0.750. The lowest BCUT2D eigenvalue weighted by molar-refractivity contribution is -0.126. The molecule has 92 valence electrons. The van der Waals surface area contributed by atoms with Crippen LogP contribution in [0.15, 0.2) is 0 Å². The zero-order chi connectivity index (χ0) is 12.2. The molecule has 0 spiro atoms. The van der Waals surface area contributed by atoms with Gasteiger partial charge in [0.05, 0.1) is 6.54 Å². The Morgan fingerprint density at radius 3 is 2.81 bits per heavy atom. The van der Waals surface area contributed by atoms with Crippen LogP contribution in [0.4, 0.5) is 0 Å². The van der Waals surface area contributed by atoms with Crippen LogP contribution in [0, 0.1) is 0 Å². The highest BCUT2D eigenvalue weighted by Gasteiger charge is 2.25. The molecule has 1 heterocycles. The molecule has 5 nitrogen and oxygen atoms in total. The summed E-state index contributed by atoms with van der Waals surface area (Å²) in [7, 11) is 0.